The summed E-state index contributed by atoms with van der Waals surface area (Å²) >= 11 is 0. The number of rotatable bonds is 24. The van der Waals surface area contributed by atoms with Crippen LogP contribution >= 0.6 is 0 Å². The third-order valence-corrected chi connectivity index (χ3v) is 13.2. The van der Waals surface area contributed by atoms with E-state index in [1.807, 2.05) is 11.0 Å². The summed E-state index contributed by atoms with van der Waals surface area (Å²) in [5.74, 6) is -0.819. The molecular formula is C49H67N3O13. The van der Waals surface area contributed by atoms with Crippen LogP contribution in [0.25, 0.3) is 0 Å². The van der Waals surface area contributed by atoms with Gasteiger partial charge in [0.15, 0.2) is 0 Å². The number of hydrogen-bond donors (Lipinski definition) is 4. The number of methoxy groups -OCH3 is 2. The number of benzene rings is 2. The molecule has 7 rings (SSSR count). The van der Waals surface area contributed by atoms with Crippen molar-refractivity contribution in [2.75, 3.05) is 72.3 Å². The summed E-state index contributed by atoms with van der Waals surface area (Å²) in [6.45, 7) is 5.20. The zero-order chi connectivity index (χ0) is 45.8. The molecule has 3 fully saturated rings. The van der Waals surface area contributed by atoms with Crippen LogP contribution < -0.4 is 24.3 Å². The molecule has 2 saturated carbocycles. The lowest BCUT2D eigenvalue weighted by Gasteiger charge is -2.60. The van der Waals surface area contributed by atoms with Gasteiger partial charge >= 0.3 is 6.09 Å². The number of oxime groups is 1. The summed E-state index contributed by atoms with van der Waals surface area (Å²) in [5.41, 5.74) is 2.74. The second kappa shape index (κ2) is 23.1. The molecule has 2 aromatic rings. The third kappa shape index (κ3) is 11.3. The van der Waals surface area contributed by atoms with Crippen LogP contribution in [0.4, 0.5) is 10.5 Å². The van der Waals surface area contributed by atoms with Gasteiger partial charge in [-0.1, -0.05) is 30.1 Å². The van der Waals surface area contributed by atoms with Crippen molar-refractivity contribution in [3.05, 3.63) is 66.3 Å². The maximum Gasteiger partial charge on any atom is 0.417 e. The first-order valence-corrected chi connectivity index (χ1v) is 23.3. The maximum atomic E-state index is 14.6. The minimum absolute atomic E-state index is 0.00119. The molecule has 16 heteroatoms. The second-order valence-corrected chi connectivity index (χ2v) is 17.4. The highest BCUT2D eigenvalue weighted by atomic mass is 16.8. The number of aliphatic hydroxyl groups is 3. The summed E-state index contributed by atoms with van der Waals surface area (Å²) in [4.78, 5) is 36.3. The largest absolute Gasteiger partial charge is 0.497 e. The summed E-state index contributed by atoms with van der Waals surface area (Å²) < 4.78 is 43.0. The van der Waals surface area contributed by atoms with Crippen molar-refractivity contribution in [3.63, 3.8) is 0 Å². The van der Waals surface area contributed by atoms with Gasteiger partial charge in [0, 0.05) is 56.1 Å². The molecule has 1 saturated heterocycles. The average Bonchev–Trinajstić information content (AvgIpc) is 4.18. The van der Waals surface area contributed by atoms with E-state index in [0.717, 1.165) is 62.5 Å². The zero-order valence-corrected chi connectivity index (χ0v) is 37.8. The van der Waals surface area contributed by atoms with Crippen LogP contribution in [0.2, 0.25) is 0 Å². The first-order chi connectivity index (χ1) is 31.8. The molecule has 2 amide bonds. The van der Waals surface area contributed by atoms with E-state index in [2.05, 4.69) is 18.0 Å². The van der Waals surface area contributed by atoms with E-state index >= 15 is 0 Å². The van der Waals surface area contributed by atoms with Crippen molar-refractivity contribution in [2.45, 2.75) is 101 Å². The van der Waals surface area contributed by atoms with Gasteiger partial charge in [-0.05, 0) is 99.1 Å². The number of amides is 2. The van der Waals surface area contributed by atoms with Crippen molar-refractivity contribution < 1.29 is 62.9 Å². The molecule has 0 aromatic heterocycles. The van der Waals surface area contributed by atoms with Gasteiger partial charge in [-0.3, -0.25) is 10.1 Å². The van der Waals surface area contributed by atoms with Crippen molar-refractivity contribution in [1.82, 2.24) is 4.90 Å². The SMILES string of the molecule is C=CCOC12Oc3ccc(OC(=O)Nc4ccc(OC)cc4OC)cc3C3C(CCCCO)C(CCCCO)C=C(C(=NOC4CCCCO4)CC1N(CCOCCO)C(=O)C1CC1)C32. The number of nitrogens with one attached hydrogen (secondary N) is 1. The molecule has 7 atom stereocenters. The van der Waals surface area contributed by atoms with Crippen molar-refractivity contribution in [3.8, 4) is 23.0 Å². The van der Waals surface area contributed by atoms with Gasteiger partial charge in [0.1, 0.15) is 29.0 Å². The predicted octanol–water partition coefficient (Wildman–Crippen LogP) is 6.72. The standard InChI is InChI=1S/C49H67N3O13/c1-4-24-62-49-43(52(20-26-60-27-23-55)47(56)32-14-15-32)31-40(51-65-44-13-7-10-25-61-44)37-28-33(11-5-8-21-53)36(12-6-9-22-54)45(46(37)49)38-29-35(17-19-41(38)64-49)63-48(57)50-39-18-16-34(58-2)30-42(39)59-3/h4,16-19,28-30,32-33,36,43-46,53-55H,1,5-15,20-27,31H2,2-3H3,(H,50,57). The van der Waals surface area contributed by atoms with Crippen molar-refractivity contribution in [1.29, 1.82) is 0 Å². The van der Waals surface area contributed by atoms with Crippen LogP contribution in [0.1, 0.15) is 88.5 Å². The first-order valence-electron chi connectivity index (χ1n) is 23.3. The molecule has 0 radical (unpaired) electrons. The topological polar surface area (TPSA) is 196 Å². The Morgan fingerprint density at radius 3 is 2.46 bits per heavy atom. The Bertz CT molecular complexity index is 1980. The molecule has 4 N–H and O–H groups in total. The molecule has 0 spiro atoms. The highest BCUT2D eigenvalue weighted by Gasteiger charge is 2.66. The Hall–Kier alpha value is -4.71. The number of carbonyl (C=O) groups is 2. The second-order valence-electron chi connectivity index (χ2n) is 17.4. The van der Waals surface area contributed by atoms with E-state index in [4.69, 9.17) is 43.2 Å². The predicted molar refractivity (Wildman–Crippen MR) is 241 cm³/mol. The lowest BCUT2D eigenvalue weighted by molar-refractivity contribution is -0.258. The van der Waals surface area contributed by atoms with Gasteiger partial charge < -0.3 is 58.2 Å². The van der Waals surface area contributed by atoms with Crippen LogP contribution in [-0.4, -0.2) is 123 Å². The van der Waals surface area contributed by atoms with Crippen LogP contribution in [0.5, 0.6) is 23.0 Å². The number of nitrogens with zero attached hydrogens (tertiary/aromatic N) is 2. The van der Waals surface area contributed by atoms with Crippen LogP contribution in [0, 0.1) is 23.7 Å². The first kappa shape index (κ1) is 48.2. The quantitative estimate of drug-likeness (QED) is 0.0493. The maximum absolute atomic E-state index is 14.6. The van der Waals surface area contributed by atoms with Gasteiger partial charge in [-0.15, -0.1) is 6.58 Å². The van der Waals surface area contributed by atoms with Gasteiger partial charge in [-0.2, -0.15) is 0 Å². The van der Waals surface area contributed by atoms with E-state index in [-0.39, 0.29) is 87.9 Å². The van der Waals surface area contributed by atoms with E-state index in [1.165, 1.54) is 7.11 Å². The van der Waals surface area contributed by atoms with E-state index in [1.54, 1.807) is 43.5 Å². The molecule has 16 nitrogen and oxygen atoms in total. The molecule has 5 aliphatic rings. The summed E-state index contributed by atoms with van der Waals surface area (Å²) in [7, 11) is 3.05. The monoisotopic (exact) mass is 905 g/mol. The van der Waals surface area contributed by atoms with E-state index < -0.39 is 30.1 Å². The van der Waals surface area contributed by atoms with Gasteiger partial charge in [0.05, 0.1) is 64.6 Å². The third-order valence-electron chi connectivity index (χ3n) is 13.2. The Morgan fingerprint density at radius 2 is 1.75 bits per heavy atom. The van der Waals surface area contributed by atoms with Crippen molar-refractivity contribution >= 4 is 23.4 Å². The van der Waals surface area contributed by atoms with Crippen LogP contribution in [0.3, 0.4) is 0 Å². The Balaban J connectivity index is 1.38. The number of ether oxygens (including phenoxy) is 7. The fourth-order valence-corrected chi connectivity index (χ4v) is 10.1. The van der Waals surface area contributed by atoms with E-state index in [9.17, 15) is 24.9 Å². The summed E-state index contributed by atoms with van der Waals surface area (Å²) in [5, 5.41) is 37.2. The molecule has 2 aromatic carbocycles. The Morgan fingerprint density at radius 1 is 0.954 bits per heavy atom. The lowest BCUT2D eigenvalue weighted by atomic mass is 9.55. The lowest BCUT2D eigenvalue weighted by Crippen LogP contribution is -2.70. The molecule has 3 aliphatic carbocycles. The minimum Gasteiger partial charge on any atom is -0.497 e. The van der Waals surface area contributed by atoms with Gasteiger partial charge in [0.25, 0.3) is 0 Å². The Kier molecular flexibility index (Phi) is 17.2. The highest BCUT2D eigenvalue weighted by molar-refractivity contribution is 6.03. The number of anilines is 1. The zero-order valence-electron chi connectivity index (χ0n) is 37.8. The van der Waals surface area contributed by atoms with Crippen LogP contribution in [-0.2, 0) is 23.8 Å². The number of hydrogen-bond acceptors (Lipinski definition) is 14. The molecule has 2 heterocycles. The minimum atomic E-state index is -1.46. The molecular weight excluding hydrogens is 839 g/mol. The molecule has 7 unspecified atom stereocenters. The Labute approximate surface area is 381 Å². The van der Waals surface area contributed by atoms with Gasteiger partial charge in [-0.25, -0.2) is 4.79 Å². The average molecular weight is 906 g/mol. The summed E-state index contributed by atoms with van der Waals surface area (Å²) in [6, 6.07) is 9.67. The van der Waals surface area contributed by atoms with Crippen molar-refractivity contribution in [2.24, 2.45) is 28.8 Å². The van der Waals surface area contributed by atoms with Crippen LogP contribution in [0.15, 0.2) is 65.9 Å². The molecule has 0 bridgehead atoms. The number of carbonyl (C=O) groups excluding carboxylic acids is 2. The normalized spacial score (nSPS) is 26.2. The van der Waals surface area contributed by atoms with E-state index in [0.29, 0.717) is 54.5 Å². The number of fused-ring (bicyclic) bond motifs is 2. The number of allylic oxidation sites excluding steroid dienone is 1. The molecule has 2 aliphatic heterocycles. The summed E-state index contributed by atoms with van der Waals surface area (Å²) in [6.07, 6.45) is 11.4. The fourth-order valence-electron chi connectivity index (χ4n) is 10.1. The highest BCUT2D eigenvalue weighted by Crippen LogP contribution is 2.62. The molecule has 65 heavy (non-hydrogen) atoms. The smallest absolute Gasteiger partial charge is 0.417 e. The number of unbranched alkanes of at least 4 members (excludes halogenated alkanes) is 2. The molecule has 356 valence electrons. The van der Waals surface area contributed by atoms with Gasteiger partial charge in [0.2, 0.25) is 18.0 Å². The number of aliphatic hydroxyl groups excluding tert-OH is 3. The fraction of sp³-hybridized carbons (Fsp3) is 0.612.